The number of phenols is 1. The number of amides is 2. The van der Waals surface area contributed by atoms with Crippen molar-refractivity contribution in [2.75, 3.05) is 13.1 Å². The van der Waals surface area contributed by atoms with Crippen molar-refractivity contribution in [1.29, 1.82) is 0 Å². The molecule has 2 aromatic carbocycles. The van der Waals surface area contributed by atoms with Crippen molar-refractivity contribution in [3.8, 4) is 5.75 Å². The summed E-state index contributed by atoms with van der Waals surface area (Å²) in [6, 6.07) is 9.71. The Morgan fingerprint density at radius 2 is 1.69 bits per heavy atom. The fraction of sp³-hybridized carbons (Fsp3) is 0.263. The fourth-order valence-electron chi connectivity index (χ4n) is 2.92. The number of benzene rings is 2. The van der Waals surface area contributed by atoms with Crippen LogP contribution in [0, 0.1) is 5.82 Å². The van der Waals surface area contributed by atoms with Crippen LogP contribution in [0.5, 0.6) is 5.75 Å². The number of carbonyl (C=O) groups excluding carboxylic acids is 2. The monoisotopic (exact) mass is 376 g/mol. The summed E-state index contributed by atoms with van der Waals surface area (Å²) in [4.78, 5) is 26.4. The van der Waals surface area contributed by atoms with E-state index in [1.54, 1.807) is 4.90 Å². The van der Waals surface area contributed by atoms with Crippen molar-refractivity contribution in [3.05, 3.63) is 64.4 Å². The molecule has 1 saturated heterocycles. The number of aromatic hydroxyl groups is 1. The summed E-state index contributed by atoms with van der Waals surface area (Å²) >= 11 is 5.85. The minimum atomic E-state index is -0.386. The number of hydrogen-bond donors (Lipinski definition) is 2. The smallest absolute Gasteiger partial charge is 0.253 e. The molecule has 0 unspecified atom stereocenters. The highest BCUT2D eigenvalue weighted by Gasteiger charge is 2.25. The van der Waals surface area contributed by atoms with Crippen LogP contribution >= 0.6 is 11.6 Å². The molecule has 26 heavy (non-hydrogen) atoms. The van der Waals surface area contributed by atoms with Crippen molar-refractivity contribution in [3.63, 3.8) is 0 Å². The van der Waals surface area contributed by atoms with Crippen LogP contribution in [-0.2, 0) is 0 Å². The third-order valence-corrected chi connectivity index (χ3v) is 4.72. The van der Waals surface area contributed by atoms with Gasteiger partial charge in [-0.1, -0.05) is 11.6 Å². The van der Waals surface area contributed by atoms with Crippen LogP contribution in [0.4, 0.5) is 4.39 Å². The van der Waals surface area contributed by atoms with E-state index in [0.29, 0.717) is 37.1 Å². The Labute approximate surface area is 155 Å². The molecule has 5 nitrogen and oxygen atoms in total. The van der Waals surface area contributed by atoms with Gasteiger partial charge in [0.1, 0.15) is 11.6 Å². The molecule has 0 saturated carbocycles. The van der Waals surface area contributed by atoms with Gasteiger partial charge in [0, 0.05) is 30.3 Å². The Bertz CT molecular complexity index is 818. The summed E-state index contributed by atoms with van der Waals surface area (Å²) < 4.78 is 12.9. The number of nitrogens with one attached hydrogen (secondary N) is 1. The predicted octanol–water partition coefficient (Wildman–Crippen LogP) is 3.22. The highest BCUT2D eigenvalue weighted by Crippen LogP contribution is 2.25. The van der Waals surface area contributed by atoms with E-state index in [1.807, 2.05) is 0 Å². The van der Waals surface area contributed by atoms with Crippen LogP contribution in [0.1, 0.15) is 33.6 Å². The lowest BCUT2D eigenvalue weighted by atomic mass is 10.0. The van der Waals surface area contributed by atoms with Crippen molar-refractivity contribution >= 4 is 23.4 Å². The van der Waals surface area contributed by atoms with Crippen LogP contribution in [0.3, 0.4) is 0 Å². The van der Waals surface area contributed by atoms with Gasteiger partial charge in [0.2, 0.25) is 0 Å². The SMILES string of the molecule is O=C(NC1CCN(C(=O)c2ccc(O)c(Cl)c2)CC1)c1ccc(F)cc1. The van der Waals surface area contributed by atoms with Crippen molar-refractivity contribution < 1.29 is 19.1 Å². The van der Waals surface area contributed by atoms with Crippen LogP contribution in [0.2, 0.25) is 5.02 Å². The molecule has 3 rings (SSSR count). The Morgan fingerprint density at radius 1 is 1.08 bits per heavy atom. The lowest BCUT2D eigenvalue weighted by molar-refractivity contribution is 0.0698. The molecule has 2 N–H and O–H groups in total. The molecule has 7 heteroatoms. The second-order valence-electron chi connectivity index (χ2n) is 6.21. The Kier molecular flexibility index (Phi) is 5.42. The van der Waals surface area contributed by atoms with Gasteiger partial charge < -0.3 is 15.3 Å². The average Bonchev–Trinajstić information content (AvgIpc) is 2.64. The summed E-state index contributed by atoms with van der Waals surface area (Å²) in [7, 11) is 0. The van der Waals surface area contributed by atoms with Crippen molar-refractivity contribution in [1.82, 2.24) is 10.2 Å². The van der Waals surface area contributed by atoms with E-state index in [4.69, 9.17) is 11.6 Å². The second-order valence-corrected chi connectivity index (χ2v) is 6.62. The highest BCUT2D eigenvalue weighted by atomic mass is 35.5. The number of halogens is 2. The van der Waals surface area contributed by atoms with Gasteiger partial charge in [-0.2, -0.15) is 0 Å². The Morgan fingerprint density at radius 3 is 2.31 bits per heavy atom. The summed E-state index contributed by atoms with van der Waals surface area (Å²) in [5, 5.41) is 12.5. The van der Waals surface area contributed by atoms with Crippen molar-refractivity contribution in [2.45, 2.75) is 18.9 Å². The molecule has 2 aromatic rings. The first kappa shape index (κ1) is 18.2. The number of likely N-dealkylation sites (tertiary alicyclic amines) is 1. The third kappa shape index (κ3) is 4.14. The van der Waals surface area contributed by atoms with Gasteiger partial charge in [-0.25, -0.2) is 4.39 Å². The first-order chi connectivity index (χ1) is 12.4. The molecule has 0 spiro atoms. The average molecular weight is 377 g/mol. The normalized spacial score (nSPS) is 14.9. The van der Waals surface area contributed by atoms with Gasteiger partial charge in [-0.15, -0.1) is 0 Å². The molecule has 1 aliphatic rings. The van der Waals surface area contributed by atoms with E-state index in [-0.39, 0.29) is 34.4 Å². The number of piperidine rings is 1. The Hall–Kier alpha value is -2.60. The fourth-order valence-corrected chi connectivity index (χ4v) is 3.10. The number of hydrogen-bond acceptors (Lipinski definition) is 3. The largest absolute Gasteiger partial charge is 0.506 e. The van der Waals surface area contributed by atoms with Gasteiger partial charge in [0.15, 0.2) is 0 Å². The van der Waals surface area contributed by atoms with Crippen molar-refractivity contribution in [2.24, 2.45) is 0 Å². The van der Waals surface area contributed by atoms with Gasteiger partial charge >= 0.3 is 0 Å². The van der Waals surface area contributed by atoms with E-state index in [9.17, 15) is 19.1 Å². The first-order valence-electron chi connectivity index (χ1n) is 8.28. The van der Waals surface area contributed by atoms with Gasteiger partial charge in [-0.3, -0.25) is 9.59 Å². The number of carbonyl (C=O) groups is 2. The minimum absolute atomic E-state index is 0.0417. The van der Waals surface area contributed by atoms with E-state index >= 15 is 0 Å². The predicted molar refractivity (Wildman–Crippen MR) is 95.9 cm³/mol. The first-order valence-corrected chi connectivity index (χ1v) is 8.66. The molecule has 2 amide bonds. The number of phenolic OH excluding ortho intramolecular Hbond substituents is 1. The summed E-state index contributed by atoms with van der Waals surface area (Å²) in [6.45, 7) is 1.01. The maximum absolute atomic E-state index is 12.9. The molecular formula is C19H18ClFN2O3. The molecule has 0 radical (unpaired) electrons. The quantitative estimate of drug-likeness (QED) is 0.864. The second kappa shape index (κ2) is 7.74. The Balaban J connectivity index is 1.55. The topological polar surface area (TPSA) is 69.6 Å². The molecule has 0 bridgehead atoms. The molecule has 1 fully saturated rings. The minimum Gasteiger partial charge on any atom is -0.506 e. The van der Waals surface area contributed by atoms with E-state index in [2.05, 4.69) is 5.32 Å². The molecular weight excluding hydrogens is 359 g/mol. The zero-order chi connectivity index (χ0) is 18.7. The standard InChI is InChI=1S/C19H18ClFN2O3/c20-16-11-13(3-6-17(16)24)19(26)23-9-7-15(8-10-23)22-18(25)12-1-4-14(21)5-2-12/h1-6,11,15,24H,7-10H2,(H,22,25). The van der Waals surface area contributed by atoms with Crippen LogP contribution in [0.25, 0.3) is 0 Å². The van der Waals surface area contributed by atoms with Crippen LogP contribution < -0.4 is 5.32 Å². The molecule has 1 aliphatic heterocycles. The molecule has 0 aromatic heterocycles. The zero-order valence-corrected chi connectivity index (χ0v) is 14.7. The highest BCUT2D eigenvalue weighted by molar-refractivity contribution is 6.32. The number of rotatable bonds is 3. The van der Waals surface area contributed by atoms with Crippen LogP contribution in [-0.4, -0.2) is 41.0 Å². The molecule has 0 aliphatic carbocycles. The summed E-state index contributed by atoms with van der Waals surface area (Å²) in [5.74, 6) is -0.858. The van der Waals surface area contributed by atoms with E-state index in [0.717, 1.165) is 0 Å². The molecule has 0 atom stereocenters. The number of nitrogens with zero attached hydrogens (tertiary/aromatic N) is 1. The maximum Gasteiger partial charge on any atom is 0.253 e. The van der Waals surface area contributed by atoms with Gasteiger partial charge in [0.05, 0.1) is 5.02 Å². The van der Waals surface area contributed by atoms with E-state index in [1.165, 1.54) is 42.5 Å². The van der Waals surface area contributed by atoms with Crippen LogP contribution in [0.15, 0.2) is 42.5 Å². The maximum atomic E-state index is 12.9. The lowest BCUT2D eigenvalue weighted by Gasteiger charge is -2.32. The molecule has 1 heterocycles. The van der Waals surface area contributed by atoms with E-state index < -0.39 is 0 Å². The zero-order valence-electron chi connectivity index (χ0n) is 13.9. The van der Waals surface area contributed by atoms with Gasteiger partial charge in [-0.05, 0) is 55.3 Å². The molecule has 136 valence electrons. The summed E-state index contributed by atoms with van der Waals surface area (Å²) in [5.41, 5.74) is 0.824. The van der Waals surface area contributed by atoms with Gasteiger partial charge in [0.25, 0.3) is 11.8 Å². The summed E-state index contributed by atoms with van der Waals surface area (Å²) in [6.07, 6.45) is 1.26. The third-order valence-electron chi connectivity index (χ3n) is 4.42. The lowest BCUT2D eigenvalue weighted by Crippen LogP contribution is -2.46.